The minimum atomic E-state index is 0.0524. The van der Waals surface area contributed by atoms with Crippen molar-refractivity contribution in [2.45, 2.75) is 25.7 Å². The van der Waals surface area contributed by atoms with Crippen molar-refractivity contribution in [1.29, 1.82) is 0 Å². The first-order valence-electron chi connectivity index (χ1n) is 5.53. The Kier molecular flexibility index (Phi) is 3.08. The Morgan fingerprint density at radius 1 is 1.50 bits per heavy atom. The second kappa shape index (κ2) is 4.51. The van der Waals surface area contributed by atoms with Crippen LogP contribution in [0.25, 0.3) is 0 Å². The molecule has 1 aliphatic rings. The molecule has 86 valence electrons. The van der Waals surface area contributed by atoms with E-state index in [0.29, 0.717) is 11.4 Å². The van der Waals surface area contributed by atoms with Gasteiger partial charge in [0.15, 0.2) is 11.4 Å². The fourth-order valence-electron chi connectivity index (χ4n) is 2.02. The van der Waals surface area contributed by atoms with Gasteiger partial charge in [-0.15, -0.1) is 0 Å². The molecule has 0 saturated heterocycles. The molecule has 2 rings (SSSR count). The first-order valence-corrected chi connectivity index (χ1v) is 5.53. The number of aryl methyl sites for hydroxylation is 1. The molecular weight excluding hydrogens is 204 g/mol. The maximum absolute atomic E-state index is 12.3. The van der Waals surface area contributed by atoms with Gasteiger partial charge in [-0.1, -0.05) is 6.08 Å². The third kappa shape index (κ3) is 1.87. The predicted molar refractivity (Wildman–Crippen MR) is 60.6 cm³/mol. The van der Waals surface area contributed by atoms with Gasteiger partial charge in [-0.2, -0.15) is 5.10 Å². The summed E-state index contributed by atoms with van der Waals surface area (Å²) in [6.45, 7) is 0. The van der Waals surface area contributed by atoms with Gasteiger partial charge in [-0.05, 0) is 31.3 Å². The summed E-state index contributed by atoms with van der Waals surface area (Å²) in [5, 5.41) is 4.05. The van der Waals surface area contributed by atoms with Crippen LogP contribution in [-0.4, -0.2) is 22.7 Å². The van der Waals surface area contributed by atoms with Crippen LogP contribution in [0.15, 0.2) is 17.8 Å². The molecular formula is C12H16N2O2. The van der Waals surface area contributed by atoms with Gasteiger partial charge >= 0.3 is 0 Å². The van der Waals surface area contributed by atoms with Crippen LogP contribution in [0.5, 0.6) is 5.75 Å². The van der Waals surface area contributed by atoms with Gasteiger partial charge in [0.25, 0.3) is 0 Å². The van der Waals surface area contributed by atoms with Gasteiger partial charge in [0.2, 0.25) is 5.78 Å². The van der Waals surface area contributed by atoms with Crippen LogP contribution in [-0.2, 0) is 7.05 Å². The van der Waals surface area contributed by atoms with Gasteiger partial charge in [0.05, 0.1) is 13.3 Å². The SMILES string of the molecule is COc1cnn(C)c1C(=O)C1=CCCCC1. The van der Waals surface area contributed by atoms with E-state index < -0.39 is 0 Å². The summed E-state index contributed by atoms with van der Waals surface area (Å²) >= 11 is 0. The van der Waals surface area contributed by atoms with Crippen molar-refractivity contribution in [3.05, 3.63) is 23.5 Å². The molecule has 1 aromatic heterocycles. The molecule has 1 heterocycles. The van der Waals surface area contributed by atoms with Crippen molar-refractivity contribution in [2.24, 2.45) is 7.05 Å². The summed E-state index contributed by atoms with van der Waals surface area (Å²) in [4.78, 5) is 12.3. The second-order valence-electron chi connectivity index (χ2n) is 3.99. The summed E-state index contributed by atoms with van der Waals surface area (Å²) < 4.78 is 6.73. The van der Waals surface area contributed by atoms with Gasteiger partial charge in [0, 0.05) is 7.05 Å². The van der Waals surface area contributed by atoms with Crippen molar-refractivity contribution in [1.82, 2.24) is 9.78 Å². The summed E-state index contributed by atoms with van der Waals surface area (Å²) in [7, 11) is 3.32. The van der Waals surface area contributed by atoms with E-state index in [1.165, 1.54) is 6.42 Å². The zero-order valence-electron chi connectivity index (χ0n) is 9.69. The molecule has 4 heteroatoms. The Balaban J connectivity index is 2.32. The molecule has 16 heavy (non-hydrogen) atoms. The van der Waals surface area contributed by atoms with Crippen molar-refractivity contribution in [3.63, 3.8) is 0 Å². The molecule has 0 saturated carbocycles. The highest BCUT2D eigenvalue weighted by Crippen LogP contribution is 2.25. The van der Waals surface area contributed by atoms with Crippen molar-refractivity contribution < 1.29 is 9.53 Å². The van der Waals surface area contributed by atoms with E-state index in [2.05, 4.69) is 5.10 Å². The lowest BCUT2D eigenvalue weighted by molar-refractivity contribution is 0.101. The number of hydrogen-bond donors (Lipinski definition) is 0. The van der Waals surface area contributed by atoms with E-state index in [9.17, 15) is 4.79 Å². The van der Waals surface area contributed by atoms with Crippen LogP contribution >= 0.6 is 0 Å². The first kappa shape index (κ1) is 10.9. The minimum absolute atomic E-state index is 0.0524. The lowest BCUT2D eigenvalue weighted by Gasteiger charge is -2.12. The lowest BCUT2D eigenvalue weighted by atomic mass is 9.95. The maximum atomic E-state index is 12.3. The number of rotatable bonds is 3. The molecule has 0 spiro atoms. The number of Topliss-reactive ketones (excluding diaryl/α,β-unsaturated/α-hetero) is 1. The molecule has 0 atom stereocenters. The van der Waals surface area contributed by atoms with E-state index in [4.69, 9.17) is 4.74 Å². The minimum Gasteiger partial charge on any atom is -0.493 e. The highest BCUT2D eigenvalue weighted by Gasteiger charge is 2.21. The smallest absolute Gasteiger partial charge is 0.210 e. The van der Waals surface area contributed by atoms with Crippen molar-refractivity contribution in [3.8, 4) is 5.75 Å². The van der Waals surface area contributed by atoms with E-state index in [-0.39, 0.29) is 5.78 Å². The van der Waals surface area contributed by atoms with Gasteiger partial charge in [0.1, 0.15) is 0 Å². The monoisotopic (exact) mass is 220 g/mol. The van der Waals surface area contributed by atoms with Gasteiger partial charge in [-0.3, -0.25) is 9.48 Å². The topological polar surface area (TPSA) is 44.1 Å². The lowest BCUT2D eigenvalue weighted by Crippen LogP contribution is -2.12. The van der Waals surface area contributed by atoms with Crippen molar-refractivity contribution >= 4 is 5.78 Å². The average Bonchev–Trinajstić information content (AvgIpc) is 2.70. The third-order valence-electron chi connectivity index (χ3n) is 2.92. The number of aromatic nitrogens is 2. The van der Waals surface area contributed by atoms with Crippen LogP contribution in [0, 0.1) is 0 Å². The number of nitrogens with zero attached hydrogens (tertiary/aromatic N) is 2. The molecule has 0 radical (unpaired) electrons. The summed E-state index contributed by atoms with van der Waals surface area (Å²) in [5.41, 5.74) is 1.45. The number of ketones is 1. The summed E-state index contributed by atoms with van der Waals surface area (Å²) in [6.07, 6.45) is 7.76. The fraction of sp³-hybridized carbons (Fsp3) is 0.500. The number of carbonyl (C=O) groups is 1. The van der Waals surface area contributed by atoms with E-state index in [1.54, 1.807) is 25.0 Å². The van der Waals surface area contributed by atoms with Crippen LogP contribution in [0.4, 0.5) is 0 Å². The Hall–Kier alpha value is -1.58. The highest BCUT2D eigenvalue weighted by molar-refractivity contribution is 6.09. The molecule has 0 amide bonds. The predicted octanol–water partition coefficient (Wildman–Crippen LogP) is 2.11. The quantitative estimate of drug-likeness (QED) is 0.733. The number of hydrogen-bond acceptors (Lipinski definition) is 3. The highest BCUT2D eigenvalue weighted by atomic mass is 16.5. The zero-order chi connectivity index (χ0) is 11.5. The third-order valence-corrected chi connectivity index (χ3v) is 2.92. The number of allylic oxidation sites excluding steroid dienone is 2. The van der Waals surface area contributed by atoms with Crippen LogP contribution in [0.3, 0.4) is 0 Å². The summed E-state index contributed by atoms with van der Waals surface area (Å²) in [6, 6.07) is 0. The standard InChI is InChI=1S/C12H16N2O2/c1-14-11(10(16-2)8-13-14)12(15)9-6-4-3-5-7-9/h6,8H,3-5,7H2,1-2H3. The second-order valence-corrected chi connectivity index (χ2v) is 3.99. The Morgan fingerprint density at radius 2 is 2.31 bits per heavy atom. The first-order chi connectivity index (χ1) is 7.74. The Morgan fingerprint density at radius 3 is 2.94 bits per heavy atom. The van der Waals surface area contributed by atoms with Crippen LogP contribution in [0.1, 0.15) is 36.2 Å². The molecule has 0 unspecified atom stereocenters. The number of ether oxygens (including phenoxy) is 1. The average molecular weight is 220 g/mol. The molecule has 4 nitrogen and oxygen atoms in total. The molecule has 0 aromatic carbocycles. The zero-order valence-corrected chi connectivity index (χ0v) is 9.69. The van der Waals surface area contributed by atoms with Crippen molar-refractivity contribution in [2.75, 3.05) is 7.11 Å². The van der Waals surface area contributed by atoms with Gasteiger partial charge < -0.3 is 4.74 Å². The van der Waals surface area contributed by atoms with Crippen LogP contribution < -0.4 is 4.74 Å². The summed E-state index contributed by atoms with van der Waals surface area (Å²) in [5.74, 6) is 0.607. The molecule has 1 aromatic rings. The maximum Gasteiger partial charge on any atom is 0.210 e. The Bertz CT molecular complexity index is 432. The molecule has 0 bridgehead atoms. The van der Waals surface area contributed by atoms with Gasteiger partial charge in [-0.25, -0.2) is 0 Å². The fourth-order valence-corrected chi connectivity index (χ4v) is 2.02. The number of carbonyl (C=O) groups excluding carboxylic acids is 1. The van der Waals surface area contributed by atoms with Crippen LogP contribution in [0.2, 0.25) is 0 Å². The molecule has 0 aliphatic heterocycles. The largest absolute Gasteiger partial charge is 0.493 e. The number of methoxy groups -OCH3 is 1. The van der Waals surface area contributed by atoms with E-state index in [0.717, 1.165) is 24.8 Å². The molecule has 0 fully saturated rings. The normalized spacial score (nSPS) is 15.8. The van der Waals surface area contributed by atoms with E-state index >= 15 is 0 Å². The molecule has 0 N–H and O–H groups in total. The molecule has 1 aliphatic carbocycles. The van der Waals surface area contributed by atoms with E-state index in [1.807, 2.05) is 6.08 Å². The Labute approximate surface area is 94.9 Å².